The second-order valence-corrected chi connectivity index (χ2v) is 4.82. The van der Waals surface area contributed by atoms with Crippen LogP contribution in [0.3, 0.4) is 0 Å². The van der Waals surface area contributed by atoms with Crippen LogP contribution in [-0.4, -0.2) is 29.6 Å². The van der Waals surface area contributed by atoms with Gasteiger partial charge in [0.05, 0.1) is 18.0 Å². The number of amidine groups is 1. The molecule has 2 atom stereocenters. The second kappa shape index (κ2) is 2.91. The molecular weight excluding hydrogens is 175 g/mol. The number of rotatable bonds is 1. The molecule has 1 heterocycles. The van der Waals surface area contributed by atoms with Gasteiger partial charge in [-0.3, -0.25) is 9.38 Å². The maximum absolute atomic E-state index is 12.5. The summed E-state index contributed by atoms with van der Waals surface area (Å²) in [6, 6.07) is 0. The summed E-state index contributed by atoms with van der Waals surface area (Å²) in [6.07, 6.45) is 1.99. The van der Waals surface area contributed by atoms with Gasteiger partial charge in [0.2, 0.25) is 0 Å². The quantitative estimate of drug-likeness (QED) is 0.671. The van der Waals surface area contributed by atoms with Gasteiger partial charge in [0.1, 0.15) is 5.84 Å². The largest absolute Gasteiger partial charge is 0.386 e. The Hall–Kier alpha value is -0.250. The Kier molecular flexibility index (Phi) is 2.02. The lowest BCUT2D eigenvalue weighted by molar-refractivity contribution is 0.217. The summed E-state index contributed by atoms with van der Waals surface area (Å²) >= 11 is 1.80. The van der Waals surface area contributed by atoms with E-state index in [0.29, 0.717) is 5.84 Å². The van der Waals surface area contributed by atoms with Crippen molar-refractivity contribution in [2.75, 3.05) is 19.0 Å². The van der Waals surface area contributed by atoms with E-state index < -0.39 is 0 Å². The summed E-state index contributed by atoms with van der Waals surface area (Å²) in [5.41, 5.74) is 5.80. The Labute approximate surface area is 75.8 Å². The van der Waals surface area contributed by atoms with Crippen molar-refractivity contribution in [1.82, 2.24) is 0 Å². The molecule has 2 unspecified atom stereocenters. The highest BCUT2D eigenvalue weighted by Gasteiger charge is 2.51. The number of hydrogen-bond donors (Lipinski definition) is 1. The highest BCUT2D eigenvalue weighted by molar-refractivity contribution is 8.01. The number of aliphatic imine (C=N–C) groups is 1. The van der Waals surface area contributed by atoms with E-state index in [9.17, 15) is 4.39 Å². The van der Waals surface area contributed by atoms with E-state index in [2.05, 4.69) is 4.99 Å². The van der Waals surface area contributed by atoms with E-state index >= 15 is 0 Å². The molecule has 0 aromatic rings. The van der Waals surface area contributed by atoms with Crippen LogP contribution in [0.2, 0.25) is 0 Å². The van der Waals surface area contributed by atoms with Crippen LogP contribution in [0.4, 0.5) is 4.39 Å². The van der Waals surface area contributed by atoms with Crippen LogP contribution in [0.15, 0.2) is 4.99 Å². The molecule has 0 saturated heterocycles. The van der Waals surface area contributed by atoms with Gasteiger partial charge in [-0.15, -0.1) is 11.8 Å². The molecule has 1 aliphatic carbocycles. The smallest absolute Gasteiger partial charge is 0.110 e. The third kappa shape index (κ3) is 0.969. The van der Waals surface area contributed by atoms with Crippen molar-refractivity contribution in [3.63, 3.8) is 0 Å². The van der Waals surface area contributed by atoms with Gasteiger partial charge in [-0.05, 0) is 12.8 Å². The van der Waals surface area contributed by atoms with Gasteiger partial charge in [-0.25, -0.2) is 0 Å². The molecule has 68 valence electrons. The molecule has 1 fully saturated rings. The highest BCUT2D eigenvalue weighted by atomic mass is 32.2. The zero-order chi connectivity index (χ0) is 8.60. The Morgan fingerprint density at radius 3 is 3.08 bits per heavy atom. The monoisotopic (exact) mass is 188 g/mol. The molecule has 0 aromatic carbocycles. The van der Waals surface area contributed by atoms with Crippen molar-refractivity contribution in [2.24, 2.45) is 16.6 Å². The van der Waals surface area contributed by atoms with Crippen molar-refractivity contribution in [3.8, 4) is 0 Å². The van der Waals surface area contributed by atoms with Crippen molar-refractivity contribution in [1.29, 1.82) is 0 Å². The average molecular weight is 188 g/mol. The summed E-state index contributed by atoms with van der Waals surface area (Å²) in [4.78, 5) is 4.21. The third-order valence-electron chi connectivity index (χ3n) is 2.88. The van der Waals surface area contributed by atoms with E-state index in [-0.39, 0.29) is 17.3 Å². The van der Waals surface area contributed by atoms with E-state index in [1.807, 2.05) is 0 Å². The van der Waals surface area contributed by atoms with Crippen LogP contribution >= 0.6 is 11.8 Å². The van der Waals surface area contributed by atoms with E-state index in [4.69, 9.17) is 5.73 Å². The van der Waals surface area contributed by atoms with Crippen molar-refractivity contribution in [2.45, 2.75) is 17.6 Å². The molecule has 1 spiro atoms. The zero-order valence-corrected chi connectivity index (χ0v) is 7.74. The first-order valence-electron chi connectivity index (χ1n) is 4.30. The maximum atomic E-state index is 12.5. The van der Waals surface area contributed by atoms with Gasteiger partial charge in [0.15, 0.2) is 0 Å². The van der Waals surface area contributed by atoms with Crippen LogP contribution in [-0.2, 0) is 0 Å². The lowest BCUT2D eigenvalue weighted by Gasteiger charge is -2.48. The Balaban J connectivity index is 2.19. The fourth-order valence-electron chi connectivity index (χ4n) is 1.94. The number of nitrogens with zero attached hydrogens (tertiary/aromatic N) is 1. The van der Waals surface area contributed by atoms with Crippen molar-refractivity contribution >= 4 is 17.6 Å². The molecular formula is C8H13FN2S. The number of alkyl halides is 1. The fourth-order valence-corrected chi connectivity index (χ4v) is 3.38. The number of nitrogens with two attached hydrogens (primary N) is 1. The van der Waals surface area contributed by atoms with Gasteiger partial charge in [0.25, 0.3) is 0 Å². The predicted octanol–water partition coefficient (Wildman–Crippen LogP) is 1.21. The minimum Gasteiger partial charge on any atom is -0.386 e. The average Bonchev–Trinajstić information content (AvgIpc) is 2.04. The molecule has 2 rings (SSSR count). The molecule has 0 amide bonds. The molecule has 0 aromatic heterocycles. The normalized spacial score (nSPS) is 40.8. The molecule has 4 heteroatoms. The maximum Gasteiger partial charge on any atom is 0.110 e. The fraction of sp³-hybridized carbons (Fsp3) is 0.875. The molecule has 0 radical (unpaired) electrons. The summed E-state index contributed by atoms with van der Waals surface area (Å²) < 4.78 is 12.4. The molecule has 0 bridgehead atoms. The first kappa shape index (κ1) is 8.35. The topological polar surface area (TPSA) is 38.4 Å². The third-order valence-corrected chi connectivity index (χ3v) is 4.52. The number of halogens is 1. The summed E-state index contributed by atoms with van der Waals surface area (Å²) in [5.74, 6) is 1.82. The Bertz CT molecular complexity index is 217. The first-order chi connectivity index (χ1) is 5.79. The van der Waals surface area contributed by atoms with Gasteiger partial charge in [-0.2, -0.15) is 0 Å². The van der Waals surface area contributed by atoms with Gasteiger partial charge < -0.3 is 5.73 Å². The van der Waals surface area contributed by atoms with E-state index in [1.165, 1.54) is 0 Å². The number of thioether (sulfide) groups is 1. The van der Waals surface area contributed by atoms with Crippen LogP contribution in [0.1, 0.15) is 12.8 Å². The summed E-state index contributed by atoms with van der Waals surface area (Å²) in [5, 5.41) is 0. The van der Waals surface area contributed by atoms with E-state index in [1.54, 1.807) is 11.8 Å². The molecule has 12 heavy (non-hydrogen) atoms. The van der Waals surface area contributed by atoms with Gasteiger partial charge >= 0.3 is 0 Å². The predicted molar refractivity (Wildman–Crippen MR) is 50.4 cm³/mol. The number of hydrogen-bond acceptors (Lipinski definition) is 3. The first-order valence-corrected chi connectivity index (χ1v) is 5.28. The summed E-state index contributed by atoms with van der Waals surface area (Å²) in [6.45, 7) is 0.556. The minimum atomic E-state index is -0.247. The lowest BCUT2D eigenvalue weighted by atomic mass is 9.72. The molecule has 1 saturated carbocycles. The highest BCUT2D eigenvalue weighted by Crippen LogP contribution is 2.50. The van der Waals surface area contributed by atoms with Crippen molar-refractivity contribution in [3.05, 3.63) is 0 Å². The minimum absolute atomic E-state index is 0.104. The summed E-state index contributed by atoms with van der Waals surface area (Å²) in [7, 11) is 0. The zero-order valence-electron chi connectivity index (χ0n) is 6.92. The molecule has 2 N–H and O–H groups in total. The molecule has 2 aliphatic rings. The van der Waals surface area contributed by atoms with E-state index in [0.717, 1.165) is 25.1 Å². The standard InChI is InChI=1S/C8H13FN2S/c9-5-6-1-2-8(6)7(10)11-3-4-12-8/h6H,1-5H2,(H2,10,11). The van der Waals surface area contributed by atoms with Gasteiger partial charge in [-0.1, -0.05) is 0 Å². The SMILES string of the molecule is NC1=NCCSC12CCC2CF. The van der Waals surface area contributed by atoms with Crippen LogP contribution in [0.5, 0.6) is 0 Å². The Morgan fingerprint density at radius 1 is 1.75 bits per heavy atom. The molecule has 1 aliphatic heterocycles. The second-order valence-electron chi connectivity index (χ2n) is 3.39. The Morgan fingerprint density at radius 2 is 2.58 bits per heavy atom. The van der Waals surface area contributed by atoms with Crippen LogP contribution in [0, 0.1) is 5.92 Å². The lowest BCUT2D eigenvalue weighted by Crippen LogP contribution is -2.56. The van der Waals surface area contributed by atoms with Crippen LogP contribution in [0.25, 0.3) is 0 Å². The van der Waals surface area contributed by atoms with Crippen LogP contribution < -0.4 is 5.73 Å². The van der Waals surface area contributed by atoms with Gasteiger partial charge in [0, 0.05) is 11.7 Å². The van der Waals surface area contributed by atoms with Crippen molar-refractivity contribution < 1.29 is 4.39 Å². The molecule has 2 nitrogen and oxygen atoms in total.